The van der Waals surface area contributed by atoms with Crippen LogP contribution >= 0.6 is 0 Å². The maximum atomic E-state index is 11.4. The van der Waals surface area contributed by atoms with E-state index in [1.807, 2.05) is 0 Å². The van der Waals surface area contributed by atoms with E-state index >= 15 is 0 Å². The van der Waals surface area contributed by atoms with Gasteiger partial charge in [0.25, 0.3) is 0 Å². The predicted molar refractivity (Wildman–Crippen MR) is 47.6 cm³/mol. The van der Waals surface area contributed by atoms with Crippen LogP contribution in [0.4, 0.5) is 4.79 Å². The third-order valence-electron chi connectivity index (χ3n) is 2.83. The summed E-state index contributed by atoms with van der Waals surface area (Å²) >= 11 is 0. The standard InChI is InChI=1S/C9H12O7/c1-13-7(10)4-2-14-8-6(4)5(3-15-8)16-9(11)12/h4-6,8H,2-3H2,1H3,(H,11,12)/t4?,5-,6-,8+/m0/s1. The fourth-order valence-electron chi connectivity index (χ4n) is 2.12. The van der Waals surface area contributed by atoms with Crippen LogP contribution in [0, 0.1) is 11.8 Å². The zero-order valence-electron chi connectivity index (χ0n) is 8.62. The molecule has 0 bridgehead atoms. The van der Waals surface area contributed by atoms with Gasteiger partial charge in [0.15, 0.2) is 6.29 Å². The van der Waals surface area contributed by atoms with E-state index in [0.717, 1.165) is 0 Å². The van der Waals surface area contributed by atoms with Crippen molar-refractivity contribution < 1.29 is 33.6 Å². The Bertz CT molecular complexity index is 302. The molecule has 1 unspecified atom stereocenters. The smallest absolute Gasteiger partial charge is 0.469 e. The molecule has 4 atom stereocenters. The molecule has 7 nitrogen and oxygen atoms in total. The topological polar surface area (TPSA) is 91.3 Å². The van der Waals surface area contributed by atoms with Gasteiger partial charge in [-0.2, -0.15) is 0 Å². The normalized spacial score (nSPS) is 36.8. The van der Waals surface area contributed by atoms with Gasteiger partial charge in [-0.3, -0.25) is 4.79 Å². The summed E-state index contributed by atoms with van der Waals surface area (Å²) in [5.74, 6) is -1.37. The van der Waals surface area contributed by atoms with Gasteiger partial charge >= 0.3 is 12.1 Å². The molecule has 0 aromatic rings. The van der Waals surface area contributed by atoms with Crippen molar-refractivity contribution >= 4 is 12.1 Å². The maximum Gasteiger partial charge on any atom is 0.506 e. The molecule has 2 heterocycles. The molecule has 2 rings (SSSR count). The largest absolute Gasteiger partial charge is 0.506 e. The third-order valence-corrected chi connectivity index (χ3v) is 2.83. The van der Waals surface area contributed by atoms with E-state index in [1.165, 1.54) is 7.11 Å². The van der Waals surface area contributed by atoms with Crippen LogP contribution in [0.3, 0.4) is 0 Å². The number of esters is 1. The summed E-state index contributed by atoms with van der Waals surface area (Å²) in [4.78, 5) is 21.9. The number of fused-ring (bicyclic) bond motifs is 1. The van der Waals surface area contributed by atoms with Crippen LogP contribution in [0.15, 0.2) is 0 Å². The second-order valence-electron chi connectivity index (χ2n) is 3.66. The van der Waals surface area contributed by atoms with Crippen LogP contribution in [-0.2, 0) is 23.7 Å². The fourth-order valence-corrected chi connectivity index (χ4v) is 2.12. The van der Waals surface area contributed by atoms with E-state index in [2.05, 4.69) is 9.47 Å². The number of ether oxygens (including phenoxy) is 4. The first-order valence-electron chi connectivity index (χ1n) is 4.84. The minimum Gasteiger partial charge on any atom is -0.469 e. The summed E-state index contributed by atoms with van der Waals surface area (Å²) < 4.78 is 19.7. The van der Waals surface area contributed by atoms with E-state index in [0.29, 0.717) is 0 Å². The summed E-state index contributed by atoms with van der Waals surface area (Å²) in [7, 11) is 1.28. The molecule has 2 aliphatic heterocycles. The summed E-state index contributed by atoms with van der Waals surface area (Å²) in [5, 5.41) is 8.54. The molecule has 2 saturated heterocycles. The average molecular weight is 232 g/mol. The molecule has 0 radical (unpaired) electrons. The summed E-state index contributed by atoms with van der Waals surface area (Å²) in [6, 6.07) is 0. The minimum atomic E-state index is -1.38. The number of methoxy groups -OCH3 is 1. The fraction of sp³-hybridized carbons (Fsp3) is 0.778. The van der Waals surface area contributed by atoms with Crippen molar-refractivity contribution in [1.29, 1.82) is 0 Å². The summed E-state index contributed by atoms with van der Waals surface area (Å²) in [6.45, 7) is 0.274. The Balaban J connectivity index is 2.08. The predicted octanol–water partition coefficient (Wildman–Crippen LogP) is -0.159. The van der Waals surface area contributed by atoms with E-state index in [4.69, 9.17) is 14.6 Å². The van der Waals surface area contributed by atoms with Crippen molar-refractivity contribution in [3.8, 4) is 0 Å². The third kappa shape index (κ3) is 1.83. The lowest BCUT2D eigenvalue weighted by atomic mass is 9.91. The Morgan fingerprint density at radius 2 is 2.00 bits per heavy atom. The number of hydrogen-bond acceptors (Lipinski definition) is 6. The molecule has 0 aromatic heterocycles. The van der Waals surface area contributed by atoms with Crippen LogP contribution in [0.25, 0.3) is 0 Å². The quantitative estimate of drug-likeness (QED) is 0.661. The van der Waals surface area contributed by atoms with Crippen LogP contribution in [0.1, 0.15) is 0 Å². The Hall–Kier alpha value is -1.34. The molecule has 0 aromatic carbocycles. The number of carbonyl (C=O) groups excluding carboxylic acids is 1. The molecular formula is C9H12O7. The van der Waals surface area contributed by atoms with Gasteiger partial charge in [0.1, 0.15) is 6.10 Å². The van der Waals surface area contributed by atoms with Gasteiger partial charge in [0, 0.05) is 0 Å². The van der Waals surface area contributed by atoms with Gasteiger partial charge in [-0.05, 0) is 0 Å². The second kappa shape index (κ2) is 4.26. The first kappa shape index (κ1) is 11.2. The van der Waals surface area contributed by atoms with E-state index in [1.54, 1.807) is 0 Å². The zero-order chi connectivity index (χ0) is 11.7. The first-order chi connectivity index (χ1) is 7.63. The van der Waals surface area contributed by atoms with E-state index in [9.17, 15) is 9.59 Å². The van der Waals surface area contributed by atoms with Crippen molar-refractivity contribution in [2.24, 2.45) is 11.8 Å². The van der Waals surface area contributed by atoms with Gasteiger partial charge < -0.3 is 24.1 Å². The number of carbonyl (C=O) groups is 2. The van der Waals surface area contributed by atoms with Crippen molar-refractivity contribution in [2.75, 3.05) is 20.3 Å². The Morgan fingerprint density at radius 3 is 2.62 bits per heavy atom. The molecule has 16 heavy (non-hydrogen) atoms. The molecule has 90 valence electrons. The van der Waals surface area contributed by atoms with Crippen LogP contribution in [-0.4, -0.2) is 49.9 Å². The van der Waals surface area contributed by atoms with Crippen molar-refractivity contribution in [2.45, 2.75) is 12.4 Å². The number of carboxylic acid groups (broad SMARTS) is 1. The molecule has 7 heteroatoms. The summed E-state index contributed by atoms with van der Waals surface area (Å²) in [5.41, 5.74) is 0. The van der Waals surface area contributed by atoms with Gasteiger partial charge in [-0.15, -0.1) is 0 Å². The Kier molecular flexibility index (Phi) is 2.97. The summed E-state index contributed by atoms with van der Waals surface area (Å²) in [6.07, 6.45) is -2.63. The molecule has 1 N–H and O–H groups in total. The number of hydrogen-bond donors (Lipinski definition) is 1. The SMILES string of the molecule is COC(=O)C1CO[C@@H]2OC[C@H](OC(=O)O)[C@H]12. The lowest BCUT2D eigenvalue weighted by Gasteiger charge is -2.18. The van der Waals surface area contributed by atoms with Gasteiger partial charge in [0.05, 0.1) is 32.2 Å². The molecule has 0 aliphatic carbocycles. The van der Waals surface area contributed by atoms with Crippen LogP contribution in [0.2, 0.25) is 0 Å². The minimum absolute atomic E-state index is 0.106. The van der Waals surface area contributed by atoms with Crippen molar-refractivity contribution in [1.82, 2.24) is 0 Å². The monoisotopic (exact) mass is 232 g/mol. The van der Waals surface area contributed by atoms with Gasteiger partial charge in [-0.1, -0.05) is 0 Å². The highest BCUT2D eigenvalue weighted by Gasteiger charge is 2.53. The first-order valence-corrected chi connectivity index (χ1v) is 4.84. The molecule has 0 saturated carbocycles. The van der Waals surface area contributed by atoms with Crippen molar-refractivity contribution in [3.63, 3.8) is 0 Å². The molecule has 2 aliphatic rings. The highest BCUT2D eigenvalue weighted by molar-refractivity contribution is 5.73. The molecule has 0 spiro atoms. The van der Waals surface area contributed by atoms with Gasteiger partial charge in [-0.25, -0.2) is 4.79 Å². The second-order valence-corrected chi connectivity index (χ2v) is 3.66. The maximum absolute atomic E-state index is 11.4. The van der Waals surface area contributed by atoms with Crippen molar-refractivity contribution in [3.05, 3.63) is 0 Å². The molecular weight excluding hydrogens is 220 g/mol. The lowest BCUT2D eigenvalue weighted by Crippen LogP contribution is -2.34. The average Bonchev–Trinajstić information content (AvgIpc) is 2.79. The van der Waals surface area contributed by atoms with Gasteiger partial charge in [0.2, 0.25) is 0 Å². The van der Waals surface area contributed by atoms with E-state index < -0.39 is 36.4 Å². The Morgan fingerprint density at radius 1 is 1.31 bits per heavy atom. The van der Waals surface area contributed by atoms with Crippen LogP contribution < -0.4 is 0 Å². The molecule has 0 amide bonds. The zero-order valence-corrected chi connectivity index (χ0v) is 8.62. The molecule has 2 fully saturated rings. The van der Waals surface area contributed by atoms with E-state index in [-0.39, 0.29) is 13.2 Å². The highest BCUT2D eigenvalue weighted by atomic mass is 16.7. The van der Waals surface area contributed by atoms with Crippen LogP contribution in [0.5, 0.6) is 0 Å². The highest BCUT2D eigenvalue weighted by Crippen LogP contribution is 2.37. The number of rotatable bonds is 2. The lowest BCUT2D eigenvalue weighted by molar-refractivity contribution is -0.147. The Labute approximate surface area is 91.2 Å².